The molecule has 0 bridgehead atoms. The number of alkyl halides is 3. The van der Waals surface area contributed by atoms with Crippen molar-refractivity contribution in [2.75, 3.05) is 39.8 Å². The lowest BCUT2D eigenvalue weighted by Crippen LogP contribution is -2.57. The van der Waals surface area contributed by atoms with Crippen LogP contribution < -0.4 is 15.4 Å². The number of pyridine rings is 1. The molecule has 6 nitrogen and oxygen atoms in total. The van der Waals surface area contributed by atoms with Crippen LogP contribution in [0.2, 0.25) is 0 Å². The first-order valence-electron chi connectivity index (χ1n) is 9.04. The van der Waals surface area contributed by atoms with E-state index in [0.717, 1.165) is 0 Å². The van der Waals surface area contributed by atoms with Gasteiger partial charge in [-0.05, 0) is 25.1 Å². The third-order valence-electron chi connectivity index (χ3n) is 4.89. The van der Waals surface area contributed by atoms with Gasteiger partial charge in [0.05, 0.1) is 23.9 Å². The summed E-state index contributed by atoms with van der Waals surface area (Å²) in [6, 6.07) is 5.17. The molecule has 0 radical (unpaired) electrons. The second-order valence-corrected chi connectivity index (χ2v) is 6.73. The summed E-state index contributed by atoms with van der Waals surface area (Å²) in [6.45, 7) is 2.74. The van der Waals surface area contributed by atoms with E-state index in [-0.39, 0.29) is 5.56 Å². The smallest absolute Gasteiger partial charge is 0.405 e. The molecular formula is C19H23F3N4O2. The van der Waals surface area contributed by atoms with Crippen LogP contribution in [0.25, 0.3) is 10.9 Å². The van der Waals surface area contributed by atoms with Crippen molar-refractivity contribution in [3.63, 3.8) is 0 Å². The third kappa shape index (κ3) is 4.53. The molecular weight excluding hydrogens is 373 g/mol. The summed E-state index contributed by atoms with van der Waals surface area (Å²) in [4.78, 5) is 18.3. The first kappa shape index (κ1) is 20.3. The Labute approximate surface area is 161 Å². The number of nitrogens with zero attached hydrogens (tertiary/aromatic N) is 2. The molecule has 3 rings (SSSR count). The summed E-state index contributed by atoms with van der Waals surface area (Å²) in [7, 11) is 1.55. The van der Waals surface area contributed by atoms with Gasteiger partial charge in [0.15, 0.2) is 0 Å². The summed E-state index contributed by atoms with van der Waals surface area (Å²) >= 11 is 0. The molecule has 152 valence electrons. The van der Waals surface area contributed by atoms with E-state index >= 15 is 0 Å². The first-order chi connectivity index (χ1) is 13.3. The number of rotatable bonds is 5. The van der Waals surface area contributed by atoms with Crippen molar-refractivity contribution in [3.05, 3.63) is 35.5 Å². The van der Waals surface area contributed by atoms with Crippen molar-refractivity contribution in [2.45, 2.75) is 19.1 Å². The number of nitrogens with one attached hydrogen (secondary N) is 2. The average Bonchev–Trinajstić information content (AvgIpc) is 2.66. The van der Waals surface area contributed by atoms with Crippen molar-refractivity contribution >= 4 is 16.8 Å². The number of halogens is 3. The van der Waals surface area contributed by atoms with E-state index < -0.39 is 24.7 Å². The Morgan fingerprint density at radius 3 is 2.68 bits per heavy atom. The molecule has 2 heterocycles. The third-order valence-corrected chi connectivity index (χ3v) is 4.89. The average molecular weight is 396 g/mol. The molecule has 9 heteroatoms. The highest BCUT2D eigenvalue weighted by atomic mass is 19.4. The van der Waals surface area contributed by atoms with Crippen molar-refractivity contribution in [3.8, 4) is 5.75 Å². The van der Waals surface area contributed by atoms with Crippen molar-refractivity contribution in [2.24, 2.45) is 0 Å². The number of benzene rings is 1. The van der Waals surface area contributed by atoms with Crippen LogP contribution in [0.15, 0.2) is 24.3 Å². The lowest BCUT2D eigenvalue weighted by atomic mass is 10.1. The zero-order valence-electron chi connectivity index (χ0n) is 15.8. The second-order valence-electron chi connectivity index (χ2n) is 6.73. The summed E-state index contributed by atoms with van der Waals surface area (Å²) in [6.07, 6.45) is -4.42. The van der Waals surface area contributed by atoms with Crippen LogP contribution in [0.1, 0.15) is 16.1 Å². The molecule has 1 aromatic carbocycles. The van der Waals surface area contributed by atoms with Gasteiger partial charge in [-0.1, -0.05) is 0 Å². The van der Waals surface area contributed by atoms with Crippen molar-refractivity contribution < 1.29 is 22.7 Å². The number of hydrogen-bond acceptors (Lipinski definition) is 5. The number of carbonyl (C=O) groups excluding carboxylic acids is 1. The molecule has 1 fully saturated rings. The number of aromatic nitrogens is 1. The molecule has 2 N–H and O–H groups in total. The van der Waals surface area contributed by atoms with Crippen LogP contribution in [0, 0.1) is 6.92 Å². The molecule has 1 saturated heterocycles. The number of methoxy groups -OCH3 is 1. The highest BCUT2D eigenvalue weighted by molar-refractivity contribution is 5.98. The van der Waals surface area contributed by atoms with Gasteiger partial charge in [0.2, 0.25) is 0 Å². The summed E-state index contributed by atoms with van der Waals surface area (Å²) < 4.78 is 45.6. The highest BCUT2D eigenvalue weighted by Gasteiger charge is 2.43. The van der Waals surface area contributed by atoms with Gasteiger partial charge in [0.1, 0.15) is 11.8 Å². The van der Waals surface area contributed by atoms with E-state index in [1.807, 2.05) is 0 Å². The zero-order valence-corrected chi connectivity index (χ0v) is 15.8. The quantitative estimate of drug-likeness (QED) is 0.811. The van der Waals surface area contributed by atoms with E-state index in [0.29, 0.717) is 48.5 Å². The van der Waals surface area contributed by atoms with E-state index in [4.69, 9.17) is 4.74 Å². The number of ether oxygens (including phenoxy) is 1. The summed E-state index contributed by atoms with van der Waals surface area (Å²) in [5.41, 5.74) is 1.37. The number of hydrogen-bond donors (Lipinski definition) is 2. The summed E-state index contributed by atoms with van der Waals surface area (Å²) in [5.74, 6) is 0.0766. The Morgan fingerprint density at radius 2 is 2.04 bits per heavy atom. The molecule has 2 aromatic rings. The van der Waals surface area contributed by atoms with E-state index in [9.17, 15) is 18.0 Å². The molecule has 1 aliphatic rings. The van der Waals surface area contributed by atoms with Gasteiger partial charge in [-0.3, -0.25) is 14.7 Å². The maximum absolute atomic E-state index is 13.5. The van der Waals surface area contributed by atoms with Crippen LogP contribution in [-0.2, 0) is 0 Å². The van der Waals surface area contributed by atoms with E-state index in [2.05, 4.69) is 15.6 Å². The lowest BCUT2D eigenvalue weighted by Gasteiger charge is -2.35. The number of piperazine rings is 1. The molecule has 1 aliphatic heterocycles. The minimum atomic E-state index is -4.42. The Morgan fingerprint density at radius 1 is 1.32 bits per heavy atom. The van der Waals surface area contributed by atoms with Crippen LogP contribution >= 0.6 is 0 Å². The van der Waals surface area contributed by atoms with Gasteiger partial charge in [0, 0.05) is 44.2 Å². The Bertz CT molecular complexity index is 851. The van der Waals surface area contributed by atoms with Gasteiger partial charge < -0.3 is 15.4 Å². The first-order valence-corrected chi connectivity index (χ1v) is 9.04. The predicted octanol–water partition coefficient (Wildman–Crippen LogP) is 2.12. The van der Waals surface area contributed by atoms with Gasteiger partial charge in [0.25, 0.3) is 5.91 Å². The zero-order chi connectivity index (χ0) is 20.3. The van der Waals surface area contributed by atoms with E-state index in [1.54, 1.807) is 38.3 Å². The largest absolute Gasteiger partial charge is 0.497 e. The van der Waals surface area contributed by atoms with E-state index in [1.165, 1.54) is 4.90 Å². The molecule has 0 saturated carbocycles. The SMILES string of the molecule is COc1ccc2cc(C(=O)NCC(N3CCNCC3)C(F)(F)F)c(C)nc2c1. The fraction of sp³-hybridized carbons (Fsp3) is 0.474. The Hall–Kier alpha value is -2.39. The molecule has 0 spiro atoms. The van der Waals surface area contributed by atoms with Gasteiger partial charge >= 0.3 is 6.18 Å². The number of fused-ring (bicyclic) bond motifs is 1. The van der Waals surface area contributed by atoms with Gasteiger partial charge in [-0.25, -0.2) is 0 Å². The maximum atomic E-state index is 13.5. The molecule has 1 atom stereocenters. The topological polar surface area (TPSA) is 66.5 Å². The highest BCUT2D eigenvalue weighted by Crippen LogP contribution is 2.25. The van der Waals surface area contributed by atoms with Crippen LogP contribution in [0.5, 0.6) is 5.75 Å². The molecule has 28 heavy (non-hydrogen) atoms. The van der Waals surface area contributed by atoms with Crippen LogP contribution in [0.4, 0.5) is 13.2 Å². The van der Waals surface area contributed by atoms with Crippen molar-refractivity contribution in [1.82, 2.24) is 20.5 Å². The summed E-state index contributed by atoms with van der Waals surface area (Å²) in [5, 5.41) is 6.19. The van der Waals surface area contributed by atoms with Gasteiger partial charge in [-0.15, -0.1) is 0 Å². The lowest BCUT2D eigenvalue weighted by molar-refractivity contribution is -0.183. The van der Waals surface area contributed by atoms with Gasteiger partial charge in [-0.2, -0.15) is 13.2 Å². The van der Waals surface area contributed by atoms with Crippen LogP contribution in [0.3, 0.4) is 0 Å². The second kappa shape index (κ2) is 8.32. The number of amides is 1. The predicted molar refractivity (Wildman–Crippen MR) is 99.7 cm³/mol. The minimum Gasteiger partial charge on any atom is -0.497 e. The Balaban J connectivity index is 1.76. The monoisotopic (exact) mass is 396 g/mol. The molecule has 1 amide bonds. The normalized spacial score (nSPS) is 16.8. The number of carbonyl (C=O) groups is 1. The van der Waals surface area contributed by atoms with Crippen molar-refractivity contribution in [1.29, 1.82) is 0 Å². The van der Waals surface area contributed by atoms with Crippen LogP contribution in [-0.4, -0.2) is 67.8 Å². The molecule has 1 aromatic heterocycles. The number of aryl methyl sites for hydroxylation is 1. The molecule has 1 unspecified atom stereocenters. The maximum Gasteiger partial charge on any atom is 0.405 e. The fourth-order valence-corrected chi connectivity index (χ4v) is 3.33. The fourth-order valence-electron chi connectivity index (χ4n) is 3.33. The standard InChI is InChI=1S/C19H23F3N4O2/c1-12-15(9-13-3-4-14(28-2)10-16(13)25-12)18(27)24-11-17(19(20,21)22)26-7-5-23-6-8-26/h3-4,9-10,17,23H,5-8,11H2,1-2H3,(H,24,27). The minimum absolute atomic E-state index is 0.263. The molecule has 0 aliphatic carbocycles. The Kier molecular flexibility index (Phi) is 6.04.